The number of nitrogens with one attached hydrogen (secondary N) is 1. The number of ether oxygens (including phenoxy) is 1. The molecule has 3 heteroatoms. The highest BCUT2D eigenvalue weighted by atomic mass is 16.5. The van der Waals surface area contributed by atoms with Crippen molar-refractivity contribution in [1.82, 2.24) is 0 Å². The van der Waals surface area contributed by atoms with Crippen LogP contribution in [0.1, 0.15) is 34.1 Å². The Kier molecular flexibility index (Phi) is 5.66. The van der Waals surface area contributed by atoms with Crippen LogP contribution in [0.25, 0.3) is 10.8 Å². The van der Waals surface area contributed by atoms with E-state index in [0.717, 1.165) is 22.2 Å². The van der Waals surface area contributed by atoms with Gasteiger partial charge < -0.3 is 10.1 Å². The summed E-state index contributed by atoms with van der Waals surface area (Å²) in [4.78, 5) is 12.6. The van der Waals surface area contributed by atoms with E-state index in [1.807, 2.05) is 50.2 Å². The average molecular weight is 325 g/mol. The zero-order chi connectivity index (χ0) is 17.7. The fraction of sp³-hybridized carbons (Fsp3) is 0.381. The Morgan fingerprint density at radius 2 is 1.88 bits per heavy atom. The second-order valence-electron chi connectivity index (χ2n) is 7.19. The maximum Gasteiger partial charge on any atom is 0.230 e. The monoisotopic (exact) mass is 325 g/mol. The second-order valence-corrected chi connectivity index (χ2v) is 7.19. The molecular weight excluding hydrogens is 298 g/mol. The van der Waals surface area contributed by atoms with Gasteiger partial charge in [0.1, 0.15) is 5.75 Å². The van der Waals surface area contributed by atoms with Gasteiger partial charge in [-0.05, 0) is 24.5 Å². The molecule has 0 saturated heterocycles. The highest BCUT2D eigenvalue weighted by molar-refractivity contribution is 6.05. The molecule has 0 aliphatic rings. The van der Waals surface area contributed by atoms with Crippen LogP contribution in [0.2, 0.25) is 0 Å². The van der Waals surface area contributed by atoms with Gasteiger partial charge in [0.05, 0.1) is 6.61 Å². The molecule has 0 saturated carbocycles. The molecule has 1 amide bonds. The number of amides is 1. The van der Waals surface area contributed by atoms with E-state index >= 15 is 0 Å². The Morgan fingerprint density at radius 1 is 1.21 bits per heavy atom. The third-order valence-electron chi connectivity index (χ3n) is 3.97. The van der Waals surface area contributed by atoms with Gasteiger partial charge in [0.25, 0.3) is 0 Å². The van der Waals surface area contributed by atoms with Crippen molar-refractivity contribution in [2.45, 2.75) is 34.1 Å². The number of rotatable bonds is 7. The van der Waals surface area contributed by atoms with Gasteiger partial charge in [0.15, 0.2) is 0 Å². The number of carbonyl (C=O) groups is 1. The van der Waals surface area contributed by atoms with Gasteiger partial charge >= 0.3 is 0 Å². The summed E-state index contributed by atoms with van der Waals surface area (Å²) >= 11 is 0. The normalized spacial score (nSPS) is 11.5. The molecule has 2 aromatic rings. The summed E-state index contributed by atoms with van der Waals surface area (Å²) in [5.41, 5.74) is 0.319. The van der Waals surface area contributed by atoms with Gasteiger partial charge in [-0.2, -0.15) is 0 Å². The van der Waals surface area contributed by atoms with Crippen molar-refractivity contribution in [3.8, 4) is 5.75 Å². The number of fused-ring (bicyclic) bond motifs is 1. The first kappa shape index (κ1) is 18.1. The Hall–Kier alpha value is -2.29. The molecule has 0 bridgehead atoms. The van der Waals surface area contributed by atoms with E-state index < -0.39 is 5.41 Å². The van der Waals surface area contributed by atoms with Crippen LogP contribution in [-0.4, -0.2) is 12.5 Å². The maximum absolute atomic E-state index is 12.6. The van der Waals surface area contributed by atoms with Gasteiger partial charge in [-0.15, -0.1) is 6.58 Å². The maximum atomic E-state index is 12.6. The highest BCUT2D eigenvalue weighted by Crippen LogP contribution is 2.33. The number of benzene rings is 2. The Bertz CT molecular complexity index is 732. The van der Waals surface area contributed by atoms with Crippen molar-refractivity contribution in [3.63, 3.8) is 0 Å². The van der Waals surface area contributed by atoms with E-state index in [2.05, 4.69) is 25.7 Å². The van der Waals surface area contributed by atoms with Gasteiger partial charge in [0, 0.05) is 21.9 Å². The number of allylic oxidation sites excluding steroid dienone is 1. The van der Waals surface area contributed by atoms with E-state index in [1.165, 1.54) is 0 Å². The molecule has 128 valence electrons. The number of anilines is 1. The van der Waals surface area contributed by atoms with Gasteiger partial charge in [0.2, 0.25) is 5.91 Å². The molecule has 24 heavy (non-hydrogen) atoms. The number of hydrogen-bond donors (Lipinski definition) is 1. The molecule has 0 fully saturated rings. The summed E-state index contributed by atoms with van der Waals surface area (Å²) in [6.07, 6.45) is 2.41. The van der Waals surface area contributed by atoms with Crippen LogP contribution in [0, 0.1) is 11.3 Å². The summed E-state index contributed by atoms with van der Waals surface area (Å²) in [5.74, 6) is 1.30. The van der Waals surface area contributed by atoms with Crippen molar-refractivity contribution in [2.75, 3.05) is 11.9 Å². The SMILES string of the molecule is C=CCC(C)(C)C(=O)Nc1ccc(OCC(C)C)c2ccccc12. The lowest BCUT2D eigenvalue weighted by atomic mass is 9.88. The molecule has 0 aromatic heterocycles. The molecule has 0 heterocycles. The fourth-order valence-corrected chi connectivity index (χ4v) is 2.51. The molecule has 0 unspecified atom stereocenters. The largest absolute Gasteiger partial charge is 0.493 e. The number of carbonyl (C=O) groups excluding carboxylic acids is 1. The van der Waals surface area contributed by atoms with Gasteiger partial charge in [-0.1, -0.05) is 58.0 Å². The Morgan fingerprint density at radius 3 is 2.50 bits per heavy atom. The van der Waals surface area contributed by atoms with E-state index in [-0.39, 0.29) is 5.91 Å². The van der Waals surface area contributed by atoms with E-state index in [0.29, 0.717) is 18.9 Å². The molecule has 2 rings (SSSR count). The minimum atomic E-state index is -0.490. The summed E-state index contributed by atoms with van der Waals surface area (Å²) in [6.45, 7) is 12.5. The molecule has 0 aliphatic carbocycles. The van der Waals surface area contributed by atoms with Crippen molar-refractivity contribution in [2.24, 2.45) is 11.3 Å². The molecular formula is C21H27NO2. The predicted molar refractivity (Wildman–Crippen MR) is 102 cm³/mol. The van der Waals surface area contributed by atoms with Crippen LogP contribution in [0.4, 0.5) is 5.69 Å². The lowest BCUT2D eigenvalue weighted by molar-refractivity contribution is -0.123. The van der Waals surface area contributed by atoms with Crippen LogP contribution in [0.15, 0.2) is 49.1 Å². The minimum absolute atomic E-state index is 0.0107. The predicted octanol–water partition coefficient (Wildman–Crippen LogP) is 5.42. The Balaban J connectivity index is 2.34. The molecule has 0 spiro atoms. The molecule has 3 nitrogen and oxygen atoms in total. The Labute approximate surface area is 144 Å². The molecule has 0 aliphatic heterocycles. The van der Waals surface area contributed by atoms with Crippen LogP contribution in [-0.2, 0) is 4.79 Å². The second kappa shape index (κ2) is 7.52. The molecule has 2 aromatic carbocycles. The summed E-state index contributed by atoms with van der Waals surface area (Å²) in [5, 5.41) is 5.06. The smallest absolute Gasteiger partial charge is 0.230 e. The third kappa shape index (κ3) is 4.16. The van der Waals surface area contributed by atoms with Crippen LogP contribution >= 0.6 is 0 Å². The summed E-state index contributed by atoms with van der Waals surface area (Å²) in [6, 6.07) is 11.8. The van der Waals surface area contributed by atoms with E-state index in [4.69, 9.17) is 4.74 Å². The molecule has 1 N–H and O–H groups in total. The first-order chi connectivity index (χ1) is 11.3. The molecule has 0 atom stereocenters. The van der Waals surface area contributed by atoms with Crippen molar-refractivity contribution in [1.29, 1.82) is 0 Å². The van der Waals surface area contributed by atoms with Crippen LogP contribution in [0.5, 0.6) is 5.75 Å². The van der Waals surface area contributed by atoms with Gasteiger partial charge in [-0.3, -0.25) is 4.79 Å². The lowest BCUT2D eigenvalue weighted by Crippen LogP contribution is -2.30. The van der Waals surface area contributed by atoms with Crippen LogP contribution < -0.4 is 10.1 Å². The zero-order valence-electron chi connectivity index (χ0n) is 15.1. The third-order valence-corrected chi connectivity index (χ3v) is 3.97. The highest BCUT2D eigenvalue weighted by Gasteiger charge is 2.26. The minimum Gasteiger partial charge on any atom is -0.493 e. The van der Waals surface area contributed by atoms with Crippen molar-refractivity contribution in [3.05, 3.63) is 49.1 Å². The standard InChI is InChI=1S/C21H27NO2/c1-6-13-21(4,5)20(23)22-18-11-12-19(24-14-15(2)3)17-10-8-7-9-16(17)18/h6-12,15H,1,13-14H2,2-5H3,(H,22,23). The first-order valence-electron chi connectivity index (χ1n) is 8.42. The van der Waals surface area contributed by atoms with E-state index in [1.54, 1.807) is 6.08 Å². The first-order valence-corrected chi connectivity index (χ1v) is 8.42. The fourth-order valence-electron chi connectivity index (χ4n) is 2.51. The van der Waals surface area contributed by atoms with Crippen LogP contribution in [0.3, 0.4) is 0 Å². The van der Waals surface area contributed by atoms with Crippen molar-refractivity contribution < 1.29 is 9.53 Å². The topological polar surface area (TPSA) is 38.3 Å². The van der Waals surface area contributed by atoms with Gasteiger partial charge in [-0.25, -0.2) is 0 Å². The summed E-state index contributed by atoms with van der Waals surface area (Å²) in [7, 11) is 0. The molecule has 0 radical (unpaired) electrons. The van der Waals surface area contributed by atoms with Crippen molar-refractivity contribution >= 4 is 22.4 Å². The lowest BCUT2D eigenvalue weighted by Gasteiger charge is -2.23. The zero-order valence-corrected chi connectivity index (χ0v) is 15.1. The van der Waals surface area contributed by atoms with E-state index in [9.17, 15) is 4.79 Å². The average Bonchev–Trinajstić information content (AvgIpc) is 2.53. The summed E-state index contributed by atoms with van der Waals surface area (Å²) < 4.78 is 5.92. The quantitative estimate of drug-likeness (QED) is 0.691. The number of hydrogen-bond acceptors (Lipinski definition) is 2.